The maximum absolute atomic E-state index is 13.6. The van der Waals surface area contributed by atoms with Crippen LogP contribution in [0, 0.1) is 0 Å². The van der Waals surface area contributed by atoms with Crippen LogP contribution in [-0.4, -0.2) is 16.6 Å². The van der Waals surface area contributed by atoms with E-state index in [1.54, 1.807) is 36.4 Å². The smallest absolute Gasteiger partial charge is 0.421 e. The standard InChI is InChI=1S/C24H27F3N4O/c1-5-14-32-17-12-10-16(11-13-17)29-22-28-15-19(24(25,26)27)21(31-22)30-20-9-7-6-8-18(20)23(2,3)4/h6-13,15H,5,14H2,1-4H3,(H2,28,29,30,31). The van der Waals surface area contributed by atoms with Crippen molar-refractivity contribution < 1.29 is 17.9 Å². The van der Waals surface area contributed by atoms with Crippen LogP contribution in [0.25, 0.3) is 0 Å². The van der Waals surface area contributed by atoms with Crippen molar-refractivity contribution in [2.24, 2.45) is 0 Å². The normalized spacial score (nSPS) is 11.8. The van der Waals surface area contributed by atoms with Crippen molar-refractivity contribution in [1.29, 1.82) is 0 Å². The second-order valence-electron chi connectivity index (χ2n) is 8.37. The lowest BCUT2D eigenvalue weighted by atomic mass is 9.86. The molecule has 170 valence electrons. The summed E-state index contributed by atoms with van der Waals surface area (Å²) in [4.78, 5) is 8.01. The zero-order valence-corrected chi connectivity index (χ0v) is 18.5. The lowest BCUT2D eigenvalue weighted by Crippen LogP contribution is -2.16. The maximum atomic E-state index is 13.6. The van der Waals surface area contributed by atoms with Gasteiger partial charge < -0.3 is 15.4 Å². The Labute approximate surface area is 186 Å². The number of anilines is 4. The summed E-state index contributed by atoms with van der Waals surface area (Å²) in [5, 5.41) is 5.83. The Morgan fingerprint density at radius 3 is 2.22 bits per heavy atom. The topological polar surface area (TPSA) is 59.1 Å². The number of halogens is 3. The summed E-state index contributed by atoms with van der Waals surface area (Å²) in [6.07, 6.45) is -2.92. The highest BCUT2D eigenvalue weighted by molar-refractivity contribution is 5.66. The largest absolute Gasteiger partial charge is 0.494 e. The van der Waals surface area contributed by atoms with Gasteiger partial charge >= 0.3 is 6.18 Å². The molecule has 0 bridgehead atoms. The molecule has 0 radical (unpaired) electrons. The predicted molar refractivity (Wildman–Crippen MR) is 121 cm³/mol. The number of nitrogens with zero attached hydrogens (tertiary/aromatic N) is 2. The van der Waals surface area contributed by atoms with Crippen LogP contribution in [-0.2, 0) is 11.6 Å². The minimum atomic E-state index is -4.60. The van der Waals surface area contributed by atoms with Crippen molar-refractivity contribution in [3.05, 3.63) is 65.9 Å². The van der Waals surface area contributed by atoms with E-state index < -0.39 is 11.7 Å². The van der Waals surface area contributed by atoms with E-state index in [1.807, 2.05) is 39.8 Å². The number of alkyl halides is 3. The number of ether oxygens (including phenoxy) is 1. The Hall–Kier alpha value is -3.29. The maximum Gasteiger partial charge on any atom is 0.421 e. The van der Waals surface area contributed by atoms with Gasteiger partial charge in [0.25, 0.3) is 0 Å². The first-order valence-corrected chi connectivity index (χ1v) is 10.4. The summed E-state index contributed by atoms with van der Waals surface area (Å²) >= 11 is 0. The van der Waals surface area contributed by atoms with Gasteiger partial charge in [0, 0.05) is 17.6 Å². The van der Waals surface area contributed by atoms with Crippen molar-refractivity contribution >= 4 is 23.1 Å². The molecule has 1 heterocycles. The molecular formula is C24H27F3N4O. The number of benzene rings is 2. The van der Waals surface area contributed by atoms with Crippen LogP contribution < -0.4 is 15.4 Å². The van der Waals surface area contributed by atoms with Crippen LogP contribution in [0.1, 0.15) is 45.2 Å². The summed E-state index contributed by atoms with van der Waals surface area (Å²) < 4.78 is 46.5. The van der Waals surface area contributed by atoms with Gasteiger partial charge in [-0.1, -0.05) is 45.9 Å². The van der Waals surface area contributed by atoms with Crippen LogP contribution in [0.5, 0.6) is 5.75 Å². The molecule has 32 heavy (non-hydrogen) atoms. The van der Waals surface area contributed by atoms with Gasteiger partial charge in [-0.3, -0.25) is 0 Å². The predicted octanol–water partition coefficient (Wildman–Crippen LogP) is 7.07. The molecule has 0 fully saturated rings. The molecule has 2 N–H and O–H groups in total. The van der Waals surface area contributed by atoms with Crippen LogP contribution in [0.2, 0.25) is 0 Å². The Morgan fingerprint density at radius 1 is 0.906 bits per heavy atom. The quantitative estimate of drug-likeness (QED) is 0.408. The molecule has 1 aromatic heterocycles. The Kier molecular flexibility index (Phi) is 6.91. The monoisotopic (exact) mass is 444 g/mol. The molecule has 3 aromatic rings. The molecule has 5 nitrogen and oxygen atoms in total. The van der Waals surface area contributed by atoms with Crippen molar-refractivity contribution in [3.63, 3.8) is 0 Å². The fourth-order valence-corrected chi connectivity index (χ4v) is 3.10. The van der Waals surface area contributed by atoms with Gasteiger partial charge in [-0.25, -0.2) is 4.98 Å². The number of hydrogen-bond donors (Lipinski definition) is 2. The first kappa shape index (κ1) is 23.4. The molecule has 0 unspecified atom stereocenters. The average Bonchev–Trinajstić information content (AvgIpc) is 2.72. The lowest BCUT2D eigenvalue weighted by molar-refractivity contribution is -0.137. The lowest BCUT2D eigenvalue weighted by Gasteiger charge is -2.24. The van der Waals surface area contributed by atoms with Gasteiger partial charge in [0.15, 0.2) is 0 Å². The molecular weight excluding hydrogens is 417 g/mol. The average molecular weight is 445 g/mol. The van der Waals surface area contributed by atoms with E-state index in [1.165, 1.54) is 0 Å². The number of aromatic nitrogens is 2. The third kappa shape index (κ3) is 5.90. The van der Waals surface area contributed by atoms with E-state index in [2.05, 4.69) is 20.6 Å². The van der Waals surface area contributed by atoms with Crippen LogP contribution in [0.4, 0.5) is 36.3 Å². The zero-order valence-electron chi connectivity index (χ0n) is 18.5. The summed E-state index contributed by atoms with van der Waals surface area (Å²) in [6, 6.07) is 14.3. The third-order valence-corrected chi connectivity index (χ3v) is 4.67. The molecule has 3 rings (SSSR count). The second-order valence-corrected chi connectivity index (χ2v) is 8.37. The summed E-state index contributed by atoms with van der Waals surface area (Å²) in [6.45, 7) is 8.63. The van der Waals surface area contributed by atoms with Crippen molar-refractivity contribution in [2.45, 2.75) is 45.7 Å². The highest BCUT2D eigenvalue weighted by Gasteiger charge is 2.35. The van der Waals surface area contributed by atoms with Crippen LogP contribution >= 0.6 is 0 Å². The number of para-hydroxylation sites is 1. The van der Waals surface area contributed by atoms with Crippen molar-refractivity contribution in [2.75, 3.05) is 17.2 Å². The molecule has 0 aliphatic carbocycles. The first-order valence-electron chi connectivity index (χ1n) is 10.4. The van der Waals surface area contributed by atoms with Gasteiger partial charge in [-0.15, -0.1) is 0 Å². The van der Waals surface area contributed by atoms with E-state index in [0.29, 0.717) is 23.7 Å². The SMILES string of the molecule is CCCOc1ccc(Nc2ncc(C(F)(F)F)c(Nc3ccccc3C(C)(C)C)n2)cc1. The zero-order chi connectivity index (χ0) is 23.4. The molecule has 0 aliphatic heterocycles. The summed E-state index contributed by atoms with van der Waals surface area (Å²) in [5.74, 6) is 0.456. The fraction of sp³-hybridized carbons (Fsp3) is 0.333. The molecule has 2 aromatic carbocycles. The Bertz CT molecular complexity index is 1040. The van der Waals surface area contributed by atoms with E-state index in [4.69, 9.17) is 4.74 Å². The summed E-state index contributed by atoms with van der Waals surface area (Å²) in [7, 11) is 0. The van der Waals surface area contributed by atoms with E-state index >= 15 is 0 Å². The molecule has 0 saturated heterocycles. The minimum Gasteiger partial charge on any atom is -0.494 e. The molecule has 0 amide bonds. The fourth-order valence-electron chi connectivity index (χ4n) is 3.10. The van der Waals surface area contributed by atoms with E-state index in [9.17, 15) is 13.2 Å². The van der Waals surface area contributed by atoms with Gasteiger partial charge in [0.05, 0.1) is 6.61 Å². The number of hydrogen-bond acceptors (Lipinski definition) is 5. The van der Waals surface area contributed by atoms with Gasteiger partial charge in [0.1, 0.15) is 17.1 Å². The number of rotatable bonds is 7. The van der Waals surface area contributed by atoms with Crippen LogP contribution in [0.15, 0.2) is 54.7 Å². The highest BCUT2D eigenvalue weighted by Crippen LogP contribution is 2.37. The molecule has 0 saturated carbocycles. The van der Waals surface area contributed by atoms with Crippen molar-refractivity contribution in [3.8, 4) is 5.75 Å². The van der Waals surface area contributed by atoms with E-state index in [0.717, 1.165) is 18.2 Å². The third-order valence-electron chi connectivity index (χ3n) is 4.67. The molecule has 8 heteroatoms. The molecule has 0 spiro atoms. The highest BCUT2D eigenvalue weighted by atomic mass is 19.4. The Balaban J connectivity index is 1.91. The summed E-state index contributed by atoms with van der Waals surface area (Å²) in [5.41, 5.74) is 0.874. The minimum absolute atomic E-state index is 0.0518. The first-order chi connectivity index (χ1) is 15.1. The second kappa shape index (κ2) is 9.46. The Morgan fingerprint density at radius 2 is 1.59 bits per heavy atom. The van der Waals surface area contributed by atoms with Gasteiger partial charge in [-0.2, -0.15) is 18.2 Å². The number of nitrogens with one attached hydrogen (secondary N) is 2. The van der Waals surface area contributed by atoms with Crippen LogP contribution in [0.3, 0.4) is 0 Å². The molecule has 0 aliphatic rings. The van der Waals surface area contributed by atoms with Gasteiger partial charge in [0.2, 0.25) is 5.95 Å². The van der Waals surface area contributed by atoms with E-state index in [-0.39, 0.29) is 17.2 Å². The van der Waals surface area contributed by atoms with Gasteiger partial charge in [-0.05, 0) is 47.7 Å². The van der Waals surface area contributed by atoms with Crippen molar-refractivity contribution in [1.82, 2.24) is 9.97 Å². The molecule has 0 atom stereocenters.